The van der Waals surface area contributed by atoms with Crippen LogP contribution in [-0.2, 0) is 4.74 Å². The van der Waals surface area contributed by atoms with Crippen LogP contribution in [0.25, 0.3) is 0 Å². The lowest BCUT2D eigenvalue weighted by molar-refractivity contribution is 0.0621. The Kier molecular flexibility index (Phi) is 6.62. The Morgan fingerprint density at radius 1 is 1.00 bits per heavy atom. The first-order valence-electron chi connectivity index (χ1n) is 6.26. The Balaban J connectivity index is 0.00000112. The zero-order valence-corrected chi connectivity index (χ0v) is 10.4. The number of halogens is 1. The standard InChI is InChI=1S/C12H23NO.ClH/c1-2-8-13-12(3-1)5-4-11-6-9-14-10-7-11;/h11-13H,1-10H2;1H. The van der Waals surface area contributed by atoms with Crippen LogP contribution in [0, 0.1) is 5.92 Å². The molecule has 0 amide bonds. The van der Waals surface area contributed by atoms with Gasteiger partial charge in [-0.2, -0.15) is 0 Å². The highest BCUT2D eigenvalue weighted by Crippen LogP contribution is 2.22. The first kappa shape index (κ1) is 13.3. The monoisotopic (exact) mass is 233 g/mol. The minimum absolute atomic E-state index is 0. The van der Waals surface area contributed by atoms with Crippen LogP contribution >= 0.6 is 12.4 Å². The molecule has 2 fully saturated rings. The summed E-state index contributed by atoms with van der Waals surface area (Å²) in [5, 5.41) is 3.63. The van der Waals surface area contributed by atoms with Gasteiger partial charge in [0.05, 0.1) is 0 Å². The van der Waals surface area contributed by atoms with Crippen LogP contribution in [0.1, 0.15) is 44.9 Å². The maximum atomic E-state index is 5.38. The summed E-state index contributed by atoms with van der Waals surface area (Å²) in [6.07, 6.45) is 9.63. The quantitative estimate of drug-likeness (QED) is 0.810. The van der Waals surface area contributed by atoms with Crippen molar-refractivity contribution in [2.75, 3.05) is 19.8 Å². The smallest absolute Gasteiger partial charge is 0.0468 e. The highest BCUT2D eigenvalue weighted by molar-refractivity contribution is 5.85. The topological polar surface area (TPSA) is 21.3 Å². The predicted octanol–water partition coefficient (Wildman–Crippen LogP) is 2.76. The van der Waals surface area contributed by atoms with Crippen molar-refractivity contribution >= 4 is 12.4 Å². The largest absolute Gasteiger partial charge is 0.381 e. The molecule has 2 aliphatic rings. The zero-order chi connectivity index (χ0) is 9.64. The minimum Gasteiger partial charge on any atom is -0.381 e. The van der Waals surface area contributed by atoms with E-state index in [4.69, 9.17) is 4.74 Å². The molecule has 3 heteroatoms. The SMILES string of the molecule is C1CCC(CCC2CCOCC2)NC1.Cl. The number of piperidine rings is 1. The van der Waals surface area contributed by atoms with E-state index in [1.54, 1.807) is 0 Å². The predicted molar refractivity (Wildman–Crippen MR) is 65.7 cm³/mol. The lowest BCUT2D eigenvalue weighted by Crippen LogP contribution is -2.34. The van der Waals surface area contributed by atoms with Crippen molar-refractivity contribution < 1.29 is 4.74 Å². The van der Waals surface area contributed by atoms with Crippen molar-refractivity contribution in [3.63, 3.8) is 0 Å². The minimum atomic E-state index is 0. The zero-order valence-electron chi connectivity index (χ0n) is 9.54. The van der Waals surface area contributed by atoms with Crippen molar-refractivity contribution in [1.29, 1.82) is 0 Å². The molecule has 15 heavy (non-hydrogen) atoms. The third kappa shape index (κ3) is 4.71. The van der Waals surface area contributed by atoms with E-state index >= 15 is 0 Å². The van der Waals surface area contributed by atoms with E-state index in [0.717, 1.165) is 25.2 Å². The van der Waals surface area contributed by atoms with E-state index in [-0.39, 0.29) is 12.4 Å². The number of hydrogen-bond donors (Lipinski definition) is 1. The van der Waals surface area contributed by atoms with Crippen LogP contribution in [0.5, 0.6) is 0 Å². The fourth-order valence-corrected chi connectivity index (χ4v) is 2.64. The van der Waals surface area contributed by atoms with Crippen LogP contribution in [0.4, 0.5) is 0 Å². The molecular formula is C12H24ClNO. The van der Waals surface area contributed by atoms with Gasteiger partial charge in [0.1, 0.15) is 0 Å². The maximum Gasteiger partial charge on any atom is 0.0468 e. The van der Waals surface area contributed by atoms with Gasteiger partial charge in [-0.15, -0.1) is 12.4 Å². The van der Waals surface area contributed by atoms with Crippen molar-refractivity contribution in [3.05, 3.63) is 0 Å². The Morgan fingerprint density at radius 3 is 2.47 bits per heavy atom. The summed E-state index contributed by atoms with van der Waals surface area (Å²) >= 11 is 0. The van der Waals surface area contributed by atoms with Crippen LogP contribution in [0.3, 0.4) is 0 Å². The summed E-state index contributed by atoms with van der Waals surface area (Å²) < 4.78 is 5.38. The third-order valence-electron chi connectivity index (χ3n) is 3.68. The molecule has 0 radical (unpaired) electrons. The van der Waals surface area contributed by atoms with E-state index in [0.29, 0.717) is 0 Å². The van der Waals surface area contributed by atoms with E-state index in [1.807, 2.05) is 0 Å². The summed E-state index contributed by atoms with van der Waals surface area (Å²) in [5.41, 5.74) is 0. The van der Waals surface area contributed by atoms with Gasteiger partial charge in [0.2, 0.25) is 0 Å². The average molecular weight is 234 g/mol. The number of rotatable bonds is 3. The summed E-state index contributed by atoms with van der Waals surface area (Å²) in [6, 6.07) is 0.826. The second kappa shape index (κ2) is 7.48. The van der Waals surface area contributed by atoms with E-state index in [1.165, 1.54) is 51.5 Å². The maximum absolute atomic E-state index is 5.38. The van der Waals surface area contributed by atoms with E-state index in [2.05, 4.69) is 5.32 Å². The summed E-state index contributed by atoms with van der Waals surface area (Å²) in [4.78, 5) is 0. The van der Waals surface area contributed by atoms with Gasteiger partial charge in [-0.1, -0.05) is 6.42 Å². The molecule has 0 aliphatic carbocycles. The third-order valence-corrected chi connectivity index (χ3v) is 3.68. The molecule has 1 N–H and O–H groups in total. The molecule has 90 valence electrons. The normalized spacial score (nSPS) is 28.4. The molecule has 1 unspecified atom stereocenters. The van der Waals surface area contributed by atoms with Crippen molar-refractivity contribution in [3.8, 4) is 0 Å². The molecule has 1 atom stereocenters. The first-order chi connectivity index (χ1) is 6.95. The van der Waals surface area contributed by atoms with Gasteiger partial charge in [0.25, 0.3) is 0 Å². The van der Waals surface area contributed by atoms with Crippen LogP contribution < -0.4 is 5.32 Å². The number of hydrogen-bond acceptors (Lipinski definition) is 2. The molecule has 0 aromatic heterocycles. The lowest BCUT2D eigenvalue weighted by Gasteiger charge is -2.27. The molecule has 2 saturated heterocycles. The molecule has 2 aliphatic heterocycles. The molecule has 0 bridgehead atoms. The van der Waals surface area contributed by atoms with Gasteiger partial charge in [-0.3, -0.25) is 0 Å². The molecule has 0 spiro atoms. The van der Waals surface area contributed by atoms with E-state index in [9.17, 15) is 0 Å². The average Bonchev–Trinajstić information content (AvgIpc) is 2.29. The summed E-state index contributed by atoms with van der Waals surface area (Å²) in [7, 11) is 0. The van der Waals surface area contributed by atoms with Crippen molar-refractivity contribution in [2.45, 2.75) is 51.0 Å². The fraction of sp³-hybridized carbons (Fsp3) is 1.00. The number of ether oxygens (including phenoxy) is 1. The lowest BCUT2D eigenvalue weighted by atomic mass is 9.90. The number of nitrogens with one attached hydrogen (secondary N) is 1. The van der Waals surface area contributed by atoms with Gasteiger partial charge in [-0.25, -0.2) is 0 Å². The second-order valence-corrected chi connectivity index (χ2v) is 4.78. The van der Waals surface area contributed by atoms with Gasteiger partial charge in [0.15, 0.2) is 0 Å². The molecule has 0 aromatic carbocycles. The molecule has 2 nitrogen and oxygen atoms in total. The Hall–Kier alpha value is 0.210. The van der Waals surface area contributed by atoms with Gasteiger partial charge in [0, 0.05) is 19.3 Å². The first-order valence-corrected chi connectivity index (χ1v) is 6.26. The van der Waals surface area contributed by atoms with Gasteiger partial charge in [-0.05, 0) is 51.0 Å². The van der Waals surface area contributed by atoms with Crippen LogP contribution in [0.2, 0.25) is 0 Å². The van der Waals surface area contributed by atoms with Crippen LogP contribution in [-0.4, -0.2) is 25.8 Å². The molecule has 0 aromatic rings. The fourth-order valence-electron chi connectivity index (χ4n) is 2.64. The highest BCUT2D eigenvalue weighted by Gasteiger charge is 2.17. The Morgan fingerprint density at radius 2 is 1.80 bits per heavy atom. The highest BCUT2D eigenvalue weighted by atomic mass is 35.5. The Bertz CT molecular complexity index is 136. The van der Waals surface area contributed by atoms with Crippen molar-refractivity contribution in [1.82, 2.24) is 5.32 Å². The van der Waals surface area contributed by atoms with Crippen LogP contribution in [0.15, 0.2) is 0 Å². The van der Waals surface area contributed by atoms with E-state index < -0.39 is 0 Å². The van der Waals surface area contributed by atoms with Crippen molar-refractivity contribution in [2.24, 2.45) is 5.92 Å². The van der Waals surface area contributed by atoms with Gasteiger partial charge < -0.3 is 10.1 Å². The Labute approximate surface area is 99.6 Å². The summed E-state index contributed by atoms with van der Waals surface area (Å²) in [5.74, 6) is 0.951. The summed E-state index contributed by atoms with van der Waals surface area (Å²) in [6.45, 7) is 3.25. The van der Waals surface area contributed by atoms with Gasteiger partial charge >= 0.3 is 0 Å². The second-order valence-electron chi connectivity index (χ2n) is 4.78. The molecule has 0 saturated carbocycles. The molecule has 2 rings (SSSR count). The molecule has 2 heterocycles. The molecular weight excluding hydrogens is 210 g/mol.